The van der Waals surface area contributed by atoms with Gasteiger partial charge in [0.25, 0.3) is 0 Å². The second kappa shape index (κ2) is 5.48. The number of hydrogen-bond donors (Lipinski definition) is 1. The highest BCUT2D eigenvalue weighted by Crippen LogP contribution is 2.27. The Kier molecular flexibility index (Phi) is 3.67. The Morgan fingerprint density at radius 1 is 1.57 bits per heavy atom. The third-order valence-electron chi connectivity index (χ3n) is 3.52. The first-order chi connectivity index (χ1) is 10.2. The van der Waals surface area contributed by atoms with E-state index in [0.717, 1.165) is 12.8 Å². The van der Waals surface area contributed by atoms with Crippen LogP contribution in [-0.2, 0) is 10.7 Å². The van der Waals surface area contributed by atoms with Gasteiger partial charge in [-0.15, -0.1) is 11.6 Å². The summed E-state index contributed by atoms with van der Waals surface area (Å²) in [7, 11) is 1.52. The van der Waals surface area contributed by atoms with Crippen LogP contribution < -0.4 is 10.1 Å². The van der Waals surface area contributed by atoms with E-state index in [1.54, 1.807) is 4.57 Å². The molecule has 2 aromatic heterocycles. The number of halogens is 1. The first kappa shape index (κ1) is 14.1. The predicted octanol–water partition coefficient (Wildman–Crippen LogP) is 1.41. The van der Waals surface area contributed by atoms with Gasteiger partial charge in [-0.25, -0.2) is 9.97 Å². The Morgan fingerprint density at radius 3 is 2.95 bits per heavy atom. The van der Waals surface area contributed by atoms with Crippen molar-refractivity contribution in [2.24, 2.45) is 0 Å². The van der Waals surface area contributed by atoms with Crippen molar-refractivity contribution >= 4 is 28.7 Å². The largest absolute Gasteiger partial charge is 0.479 e. The van der Waals surface area contributed by atoms with E-state index in [1.165, 1.54) is 13.4 Å². The topological polar surface area (TPSA) is 81.9 Å². The molecule has 0 bridgehead atoms. The van der Waals surface area contributed by atoms with Crippen molar-refractivity contribution < 1.29 is 9.53 Å². The van der Waals surface area contributed by atoms with Crippen LogP contribution in [0.1, 0.15) is 31.6 Å². The van der Waals surface area contributed by atoms with Gasteiger partial charge in [0.2, 0.25) is 11.8 Å². The van der Waals surface area contributed by atoms with Crippen LogP contribution in [-0.4, -0.2) is 38.6 Å². The van der Waals surface area contributed by atoms with Crippen LogP contribution in [0.3, 0.4) is 0 Å². The first-order valence-electron chi connectivity index (χ1n) is 6.77. The second-order valence-electron chi connectivity index (χ2n) is 5.05. The lowest BCUT2D eigenvalue weighted by Crippen LogP contribution is -2.33. The van der Waals surface area contributed by atoms with Crippen LogP contribution in [0.2, 0.25) is 0 Å². The first-order valence-corrected chi connectivity index (χ1v) is 7.31. The molecule has 0 radical (unpaired) electrons. The van der Waals surface area contributed by atoms with Gasteiger partial charge in [0.15, 0.2) is 11.2 Å². The van der Waals surface area contributed by atoms with Crippen molar-refractivity contribution in [1.82, 2.24) is 24.8 Å². The normalized spacial score (nSPS) is 16.0. The average Bonchev–Trinajstić information content (AvgIpc) is 3.22. The van der Waals surface area contributed by atoms with Crippen LogP contribution in [0.25, 0.3) is 11.2 Å². The van der Waals surface area contributed by atoms with Crippen LogP contribution in [0.4, 0.5) is 0 Å². The van der Waals surface area contributed by atoms with E-state index in [-0.39, 0.29) is 11.8 Å². The van der Waals surface area contributed by atoms with E-state index in [0.29, 0.717) is 28.9 Å². The fourth-order valence-corrected chi connectivity index (χ4v) is 2.44. The third-order valence-corrected chi connectivity index (χ3v) is 3.76. The van der Waals surface area contributed by atoms with Crippen molar-refractivity contribution in [3.63, 3.8) is 0 Å². The molecule has 1 unspecified atom stereocenters. The van der Waals surface area contributed by atoms with Gasteiger partial charge < -0.3 is 10.1 Å². The zero-order chi connectivity index (χ0) is 15.0. The number of methoxy groups -OCH3 is 1. The lowest BCUT2D eigenvalue weighted by molar-refractivity contribution is -0.124. The predicted molar refractivity (Wildman–Crippen MR) is 77.3 cm³/mol. The number of hydrogen-bond acceptors (Lipinski definition) is 5. The molecule has 2 aromatic rings. The molecule has 21 heavy (non-hydrogen) atoms. The SMILES string of the molecule is COc1ncnc2c1nc(CCl)n2C(C)C(=O)NC1CC1. The van der Waals surface area contributed by atoms with Crippen LogP contribution in [0.15, 0.2) is 6.33 Å². The molecule has 0 aromatic carbocycles. The maximum atomic E-state index is 12.3. The van der Waals surface area contributed by atoms with E-state index < -0.39 is 6.04 Å². The number of carbonyl (C=O) groups is 1. The lowest BCUT2D eigenvalue weighted by atomic mass is 10.3. The molecule has 1 fully saturated rings. The minimum Gasteiger partial charge on any atom is -0.479 e. The molecule has 1 amide bonds. The van der Waals surface area contributed by atoms with E-state index in [4.69, 9.17) is 16.3 Å². The van der Waals surface area contributed by atoms with Crippen molar-refractivity contribution in [1.29, 1.82) is 0 Å². The number of nitrogens with zero attached hydrogens (tertiary/aromatic N) is 4. The van der Waals surface area contributed by atoms with Crippen molar-refractivity contribution in [3.05, 3.63) is 12.2 Å². The molecule has 3 rings (SSSR count). The summed E-state index contributed by atoms with van der Waals surface area (Å²) in [6, 6.07) is -0.137. The van der Waals surface area contributed by atoms with Crippen molar-refractivity contribution in [2.45, 2.75) is 37.7 Å². The third kappa shape index (κ3) is 2.53. The molecule has 7 nitrogen and oxygen atoms in total. The molecule has 8 heteroatoms. The summed E-state index contributed by atoms with van der Waals surface area (Å²) in [5.41, 5.74) is 1.07. The minimum absolute atomic E-state index is 0.0549. The van der Waals surface area contributed by atoms with E-state index in [9.17, 15) is 4.79 Å². The van der Waals surface area contributed by atoms with Gasteiger partial charge in [-0.2, -0.15) is 4.98 Å². The quantitative estimate of drug-likeness (QED) is 0.845. The number of aromatic nitrogens is 4. The molecular weight excluding hydrogens is 294 g/mol. The molecule has 1 N–H and O–H groups in total. The smallest absolute Gasteiger partial charge is 0.245 e. The Hall–Kier alpha value is -1.89. The molecule has 1 aliphatic carbocycles. The molecule has 1 saturated carbocycles. The summed E-state index contributed by atoms with van der Waals surface area (Å²) in [4.78, 5) is 24.9. The highest BCUT2D eigenvalue weighted by atomic mass is 35.5. The molecule has 2 heterocycles. The molecule has 112 valence electrons. The summed E-state index contributed by atoms with van der Waals surface area (Å²) >= 11 is 5.96. The number of ether oxygens (including phenoxy) is 1. The number of carbonyl (C=O) groups excluding carboxylic acids is 1. The second-order valence-corrected chi connectivity index (χ2v) is 5.31. The Balaban J connectivity index is 2.04. The molecular formula is C13H16ClN5O2. The number of imidazole rings is 1. The van der Waals surface area contributed by atoms with Gasteiger partial charge in [-0.3, -0.25) is 9.36 Å². The average molecular weight is 310 g/mol. The zero-order valence-electron chi connectivity index (χ0n) is 11.8. The van der Waals surface area contributed by atoms with Crippen LogP contribution in [0, 0.1) is 0 Å². The zero-order valence-corrected chi connectivity index (χ0v) is 12.6. The highest BCUT2D eigenvalue weighted by molar-refractivity contribution is 6.17. The van der Waals surface area contributed by atoms with E-state index in [1.807, 2.05) is 6.92 Å². The number of amides is 1. The lowest BCUT2D eigenvalue weighted by Gasteiger charge is -2.16. The van der Waals surface area contributed by atoms with Gasteiger partial charge in [-0.1, -0.05) is 0 Å². The summed E-state index contributed by atoms with van der Waals surface area (Å²) in [5, 5.41) is 2.98. The Morgan fingerprint density at radius 2 is 2.33 bits per heavy atom. The van der Waals surface area contributed by atoms with Crippen molar-refractivity contribution in [3.8, 4) is 5.88 Å². The molecule has 0 aliphatic heterocycles. The standard InChI is InChI=1S/C13H16ClN5O2/c1-7(12(20)17-8-3-4-8)19-9(5-14)18-10-11(19)15-6-16-13(10)21-2/h6-8H,3-5H2,1-2H3,(H,17,20). The maximum absolute atomic E-state index is 12.3. The highest BCUT2D eigenvalue weighted by Gasteiger charge is 2.29. The summed E-state index contributed by atoms with van der Waals surface area (Å²) in [6.45, 7) is 1.81. The van der Waals surface area contributed by atoms with Crippen LogP contribution >= 0.6 is 11.6 Å². The molecule has 1 atom stereocenters. The number of nitrogens with one attached hydrogen (secondary N) is 1. The molecule has 0 spiro atoms. The van der Waals surface area contributed by atoms with Gasteiger partial charge in [0, 0.05) is 6.04 Å². The van der Waals surface area contributed by atoms with E-state index in [2.05, 4.69) is 20.3 Å². The van der Waals surface area contributed by atoms with Crippen molar-refractivity contribution in [2.75, 3.05) is 7.11 Å². The maximum Gasteiger partial charge on any atom is 0.245 e. The van der Waals surface area contributed by atoms with Gasteiger partial charge >= 0.3 is 0 Å². The summed E-state index contributed by atoms with van der Waals surface area (Å²) < 4.78 is 6.92. The van der Waals surface area contributed by atoms with Gasteiger partial charge in [0.1, 0.15) is 18.2 Å². The fraction of sp³-hybridized carbons (Fsp3) is 0.538. The molecule has 0 saturated heterocycles. The number of alkyl halides is 1. The van der Waals surface area contributed by atoms with Gasteiger partial charge in [-0.05, 0) is 19.8 Å². The summed E-state index contributed by atoms with van der Waals surface area (Å²) in [6.07, 6.45) is 3.48. The van der Waals surface area contributed by atoms with E-state index >= 15 is 0 Å². The van der Waals surface area contributed by atoms with Gasteiger partial charge in [0.05, 0.1) is 13.0 Å². The number of fused-ring (bicyclic) bond motifs is 1. The molecule has 1 aliphatic rings. The summed E-state index contributed by atoms with van der Waals surface area (Å²) in [5.74, 6) is 1.07. The number of rotatable bonds is 5. The monoisotopic (exact) mass is 309 g/mol. The minimum atomic E-state index is -0.441. The fourth-order valence-electron chi connectivity index (χ4n) is 2.25. The van der Waals surface area contributed by atoms with Crippen LogP contribution in [0.5, 0.6) is 5.88 Å². The Labute approximate surface area is 126 Å². The Bertz CT molecular complexity index is 682.